The standard InChI is InChI=1S/C22H22N4O4S/c23-21(29)20-16-7-4-8-17(16)31-22(20)25-18(27)13-30-19(28)10-9-14-11-24-26(12-14)15-5-2-1-3-6-15/h1-3,5-6,11-12H,4,7-10,13H2,(H2,23,29)(H,25,27). The molecule has 0 atom stereocenters. The molecule has 4 rings (SSSR count). The van der Waals surface area contributed by atoms with Crippen molar-refractivity contribution in [2.24, 2.45) is 5.73 Å². The Labute approximate surface area is 183 Å². The molecule has 1 aliphatic carbocycles. The third-order valence-corrected chi connectivity index (χ3v) is 6.27. The number of ether oxygens (including phenoxy) is 1. The molecule has 0 bridgehead atoms. The van der Waals surface area contributed by atoms with E-state index in [1.54, 1.807) is 10.9 Å². The summed E-state index contributed by atoms with van der Waals surface area (Å²) in [5.74, 6) is -1.53. The van der Waals surface area contributed by atoms with Crippen molar-refractivity contribution in [3.05, 3.63) is 64.3 Å². The second kappa shape index (κ2) is 9.13. The van der Waals surface area contributed by atoms with E-state index in [0.717, 1.165) is 41.0 Å². The lowest BCUT2D eigenvalue weighted by molar-refractivity contribution is -0.147. The van der Waals surface area contributed by atoms with Crippen molar-refractivity contribution >= 4 is 34.1 Å². The summed E-state index contributed by atoms with van der Waals surface area (Å²) in [4.78, 5) is 37.1. The van der Waals surface area contributed by atoms with Gasteiger partial charge in [-0.15, -0.1) is 11.3 Å². The number of nitrogens with one attached hydrogen (secondary N) is 1. The van der Waals surface area contributed by atoms with Crippen LogP contribution in [0.2, 0.25) is 0 Å². The number of aromatic nitrogens is 2. The van der Waals surface area contributed by atoms with Crippen molar-refractivity contribution < 1.29 is 19.1 Å². The summed E-state index contributed by atoms with van der Waals surface area (Å²) in [6.45, 7) is -0.414. The van der Waals surface area contributed by atoms with Gasteiger partial charge in [-0.3, -0.25) is 14.4 Å². The zero-order chi connectivity index (χ0) is 21.8. The van der Waals surface area contributed by atoms with E-state index < -0.39 is 24.4 Å². The van der Waals surface area contributed by atoms with E-state index in [1.807, 2.05) is 36.5 Å². The molecule has 0 aliphatic heterocycles. The van der Waals surface area contributed by atoms with Crippen LogP contribution in [0.3, 0.4) is 0 Å². The van der Waals surface area contributed by atoms with E-state index >= 15 is 0 Å². The smallest absolute Gasteiger partial charge is 0.306 e. The molecule has 31 heavy (non-hydrogen) atoms. The van der Waals surface area contributed by atoms with Gasteiger partial charge in [0.05, 0.1) is 17.4 Å². The largest absolute Gasteiger partial charge is 0.456 e. The molecule has 1 aliphatic rings. The summed E-state index contributed by atoms with van der Waals surface area (Å²) >= 11 is 1.37. The second-order valence-corrected chi connectivity index (χ2v) is 8.37. The molecule has 0 fully saturated rings. The first-order valence-electron chi connectivity index (χ1n) is 10.00. The number of amides is 2. The monoisotopic (exact) mass is 438 g/mol. The lowest BCUT2D eigenvalue weighted by atomic mass is 10.1. The molecule has 0 saturated heterocycles. The Morgan fingerprint density at radius 1 is 1.19 bits per heavy atom. The first-order chi connectivity index (χ1) is 15.0. The molecule has 3 N–H and O–H groups in total. The van der Waals surface area contributed by atoms with E-state index in [4.69, 9.17) is 10.5 Å². The second-order valence-electron chi connectivity index (χ2n) is 7.26. The molecular weight excluding hydrogens is 416 g/mol. The van der Waals surface area contributed by atoms with E-state index in [1.165, 1.54) is 11.3 Å². The Hall–Kier alpha value is -3.46. The molecule has 2 aromatic heterocycles. The van der Waals surface area contributed by atoms with Gasteiger partial charge in [0.2, 0.25) is 0 Å². The number of esters is 1. The van der Waals surface area contributed by atoms with Gasteiger partial charge in [-0.1, -0.05) is 18.2 Å². The Morgan fingerprint density at radius 2 is 2.00 bits per heavy atom. The van der Waals surface area contributed by atoms with Gasteiger partial charge in [-0.25, -0.2) is 4.68 Å². The van der Waals surface area contributed by atoms with E-state index in [0.29, 0.717) is 17.0 Å². The lowest BCUT2D eigenvalue weighted by Gasteiger charge is -2.07. The van der Waals surface area contributed by atoms with Crippen LogP contribution in [0.5, 0.6) is 0 Å². The molecule has 0 spiro atoms. The molecule has 160 valence electrons. The fraction of sp³-hybridized carbons (Fsp3) is 0.273. The zero-order valence-corrected chi connectivity index (χ0v) is 17.6. The number of fused-ring (bicyclic) bond motifs is 1. The highest BCUT2D eigenvalue weighted by Gasteiger charge is 2.26. The van der Waals surface area contributed by atoms with Crippen LogP contribution in [0, 0.1) is 0 Å². The quantitative estimate of drug-likeness (QED) is 0.525. The van der Waals surface area contributed by atoms with Crippen molar-refractivity contribution in [2.45, 2.75) is 32.1 Å². The van der Waals surface area contributed by atoms with Crippen molar-refractivity contribution in [3.63, 3.8) is 0 Å². The predicted molar refractivity (Wildman–Crippen MR) is 116 cm³/mol. The van der Waals surface area contributed by atoms with Crippen LogP contribution in [0.1, 0.15) is 39.2 Å². The van der Waals surface area contributed by atoms with E-state index in [9.17, 15) is 14.4 Å². The maximum absolute atomic E-state index is 12.2. The number of carbonyl (C=O) groups is 3. The van der Waals surface area contributed by atoms with E-state index in [2.05, 4.69) is 10.4 Å². The molecule has 3 aromatic rings. The van der Waals surface area contributed by atoms with Gasteiger partial charge in [0.25, 0.3) is 11.8 Å². The molecule has 0 unspecified atom stereocenters. The summed E-state index contributed by atoms with van der Waals surface area (Å²) in [5.41, 5.74) is 8.63. The molecule has 2 heterocycles. The van der Waals surface area contributed by atoms with Crippen LogP contribution in [-0.4, -0.2) is 34.2 Å². The van der Waals surface area contributed by atoms with Gasteiger partial charge in [-0.05, 0) is 48.9 Å². The van der Waals surface area contributed by atoms with Gasteiger partial charge < -0.3 is 15.8 Å². The molecule has 9 heteroatoms. The molecule has 0 saturated carbocycles. The molecule has 1 aromatic carbocycles. The van der Waals surface area contributed by atoms with Gasteiger partial charge in [-0.2, -0.15) is 5.10 Å². The number of thiophene rings is 1. The average molecular weight is 439 g/mol. The van der Waals surface area contributed by atoms with Gasteiger partial charge in [0.1, 0.15) is 5.00 Å². The first-order valence-corrected chi connectivity index (χ1v) is 10.8. The average Bonchev–Trinajstić information content (AvgIpc) is 3.47. The van der Waals surface area contributed by atoms with Crippen LogP contribution in [-0.2, 0) is 33.6 Å². The van der Waals surface area contributed by atoms with Gasteiger partial charge in [0, 0.05) is 17.5 Å². The number of benzene rings is 1. The molecule has 8 nitrogen and oxygen atoms in total. The predicted octanol–water partition coefficient (Wildman–Crippen LogP) is 2.64. The van der Waals surface area contributed by atoms with Crippen molar-refractivity contribution in [2.75, 3.05) is 11.9 Å². The Kier molecular flexibility index (Phi) is 6.13. The summed E-state index contributed by atoms with van der Waals surface area (Å²) in [6, 6.07) is 9.66. The Bertz CT molecular complexity index is 1120. The fourth-order valence-corrected chi connectivity index (χ4v) is 4.90. The highest BCUT2D eigenvalue weighted by Crippen LogP contribution is 2.38. The maximum Gasteiger partial charge on any atom is 0.306 e. The third-order valence-electron chi connectivity index (χ3n) is 5.06. The molecular formula is C22H22N4O4S. The first kappa shape index (κ1) is 20.8. The summed E-state index contributed by atoms with van der Waals surface area (Å²) in [5, 5.41) is 7.39. The van der Waals surface area contributed by atoms with E-state index in [-0.39, 0.29) is 6.42 Å². The number of hydrogen-bond acceptors (Lipinski definition) is 6. The van der Waals surface area contributed by atoms with Crippen molar-refractivity contribution in [1.29, 1.82) is 0 Å². The minimum atomic E-state index is -0.553. The maximum atomic E-state index is 12.2. The van der Waals surface area contributed by atoms with Gasteiger partial charge in [0.15, 0.2) is 6.61 Å². The summed E-state index contributed by atoms with van der Waals surface area (Å²) < 4.78 is 6.82. The van der Waals surface area contributed by atoms with Crippen molar-refractivity contribution in [1.82, 2.24) is 9.78 Å². The SMILES string of the molecule is NC(=O)c1c(NC(=O)COC(=O)CCc2cnn(-c3ccccc3)c2)sc2c1CCC2. The fourth-order valence-electron chi connectivity index (χ4n) is 3.59. The van der Waals surface area contributed by atoms with Crippen LogP contribution in [0.4, 0.5) is 5.00 Å². The number of hydrogen-bond donors (Lipinski definition) is 2. The summed E-state index contributed by atoms with van der Waals surface area (Å²) in [6.07, 6.45) is 6.80. The number of nitrogens with two attached hydrogens (primary N) is 1. The molecule has 2 amide bonds. The number of anilines is 1. The van der Waals surface area contributed by atoms with Crippen molar-refractivity contribution in [3.8, 4) is 5.69 Å². The minimum absolute atomic E-state index is 0.133. The minimum Gasteiger partial charge on any atom is -0.456 e. The number of para-hydroxylation sites is 1. The lowest BCUT2D eigenvalue weighted by Crippen LogP contribution is -2.22. The number of primary amides is 1. The third kappa shape index (κ3) is 4.83. The van der Waals surface area contributed by atoms with Crippen LogP contribution in [0.25, 0.3) is 5.69 Å². The number of carbonyl (C=O) groups excluding carboxylic acids is 3. The normalized spacial score (nSPS) is 12.4. The van der Waals surface area contributed by atoms with Crippen LogP contribution >= 0.6 is 11.3 Å². The number of nitrogens with zero attached hydrogens (tertiary/aromatic N) is 2. The zero-order valence-electron chi connectivity index (χ0n) is 16.8. The highest BCUT2D eigenvalue weighted by molar-refractivity contribution is 7.17. The molecule has 0 radical (unpaired) electrons. The summed E-state index contributed by atoms with van der Waals surface area (Å²) in [7, 11) is 0. The topological polar surface area (TPSA) is 116 Å². The Morgan fingerprint density at radius 3 is 2.77 bits per heavy atom. The van der Waals surface area contributed by atoms with Crippen LogP contribution in [0.15, 0.2) is 42.7 Å². The van der Waals surface area contributed by atoms with Gasteiger partial charge >= 0.3 is 5.97 Å². The number of rotatable bonds is 8. The Balaban J connectivity index is 1.26. The van der Waals surface area contributed by atoms with Crippen LogP contribution < -0.4 is 11.1 Å². The highest BCUT2D eigenvalue weighted by atomic mass is 32.1. The number of aryl methyl sites for hydroxylation is 2.